The smallest absolute Gasteiger partial charge is 0.117 e. The zero-order chi connectivity index (χ0) is 17.1. The first kappa shape index (κ1) is 16.1. The molecule has 3 aromatic rings. The molecule has 0 fully saturated rings. The Hall–Kier alpha value is -2.44. The minimum atomic E-state index is 0.0891. The summed E-state index contributed by atoms with van der Waals surface area (Å²) in [5, 5.41) is 8.61. The second kappa shape index (κ2) is 7.21. The molecule has 2 aromatic heterocycles. The van der Waals surface area contributed by atoms with Crippen molar-refractivity contribution < 1.29 is 9.15 Å². The van der Waals surface area contributed by atoms with Gasteiger partial charge in [-0.25, -0.2) is 0 Å². The summed E-state index contributed by atoms with van der Waals surface area (Å²) in [5.74, 6) is 0.959. The number of hydrogen-bond acceptors (Lipinski definition) is 5. The van der Waals surface area contributed by atoms with Crippen molar-refractivity contribution in [2.24, 2.45) is 7.05 Å². The van der Waals surface area contributed by atoms with Gasteiger partial charge in [-0.3, -0.25) is 9.58 Å². The van der Waals surface area contributed by atoms with Gasteiger partial charge in [-0.1, -0.05) is 35.5 Å². The molecule has 0 N–H and O–H groups in total. The standard InChI is InChI=1S/C19H22N4O2/c1-22-17-9-10-23(12-16-8-5-11-25-16)18(19(17)20-21-22)14-24-13-15-6-3-2-4-7-15/h2-8,11,18H,9-10,12-14H2,1H3/t18-/m1/s1. The van der Waals surface area contributed by atoms with Crippen LogP contribution in [0.25, 0.3) is 0 Å². The van der Waals surface area contributed by atoms with Crippen LogP contribution in [-0.4, -0.2) is 33.0 Å². The van der Waals surface area contributed by atoms with E-state index < -0.39 is 0 Å². The topological polar surface area (TPSA) is 56.3 Å². The Morgan fingerprint density at radius 1 is 1.20 bits per heavy atom. The molecule has 3 heterocycles. The van der Waals surface area contributed by atoms with E-state index in [0.717, 1.165) is 31.0 Å². The first-order valence-corrected chi connectivity index (χ1v) is 8.58. The molecule has 0 saturated carbocycles. The maximum absolute atomic E-state index is 6.03. The summed E-state index contributed by atoms with van der Waals surface area (Å²) >= 11 is 0. The summed E-state index contributed by atoms with van der Waals surface area (Å²) in [6.07, 6.45) is 2.66. The monoisotopic (exact) mass is 338 g/mol. The minimum absolute atomic E-state index is 0.0891. The van der Waals surface area contributed by atoms with E-state index in [1.54, 1.807) is 6.26 Å². The third kappa shape index (κ3) is 3.50. The van der Waals surface area contributed by atoms with Crippen molar-refractivity contribution in [1.82, 2.24) is 19.9 Å². The number of furan rings is 1. The lowest BCUT2D eigenvalue weighted by molar-refractivity contribution is 0.0361. The highest BCUT2D eigenvalue weighted by atomic mass is 16.5. The van der Waals surface area contributed by atoms with E-state index in [2.05, 4.69) is 27.3 Å². The number of fused-ring (bicyclic) bond motifs is 1. The molecule has 130 valence electrons. The molecule has 0 radical (unpaired) electrons. The van der Waals surface area contributed by atoms with Crippen molar-refractivity contribution >= 4 is 0 Å². The van der Waals surface area contributed by atoms with Crippen LogP contribution in [0.15, 0.2) is 53.1 Å². The molecule has 0 bridgehead atoms. The van der Waals surface area contributed by atoms with Gasteiger partial charge in [0.05, 0.1) is 37.8 Å². The highest BCUT2D eigenvalue weighted by Gasteiger charge is 2.32. The lowest BCUT2D eigenvalue weighted by Gasteiger charge is -2.33. The molecule has 0 amide bonds. The van der Waals surface area contributed by atoms with Crippen molar-refractivity contribution in [3.63, 3.8) is 0 Å². The van der Waals surface area contributed by atoms with E-state index in [4.69, 9.17) is 9.15 Å². The fraction of sp³-hybridized carbons (Fsp3) is 0.368. The third-order valence-electron chi connectivity index (χ3n) is 4.69. The Labute approximate surface area is 147 Å². The molecule has 1 aliphatic heterocycles. The number of benzene rings is 1. The summed E-state index contributed by atoms with van der Waals surface area (Å²) in [4.78, 5) is 2.36. The van der Waals surface area contributed by atoms with Gasteiger partial charge >= 0.3 is 0 Å². The molecule has 0 spiro atoms. The molecule has 0 unspecified atom stereocenters. The van der Waals surface area contributed by atoms with E-state index in [0.29, 0.717) is 13.2 Å². The fourth-order valence-electron chi connectivity index (χ4n) is 3.36. The van der Waals surface area contributed by atoms with E-state index in [1.165, 1.54) is 11.3 Å². The van der Waals surface area contributed by atoms with Crippen molar-refractivity contribution in [1.29, 1.82) is 0 Å². The maximum Gasteiger partial charge on any atom is 0.117 e. The zero-order valence-electron chi connectivity index (χ0n) is 14.3. The first-order chi connectivity index (χ1) is 12.3. The summed E-state index contributed by atoms with van der Waals surface area (Å²) in [6, 6.07) is 14.3. The Kier molecular flexibility index (Phi) is 4.63. The van der Waals surface area contributed by atoms with Crippen molar-refractivity contribution in [3.8, 4) is 0 Å². The molecule has 0 saturated heterocycles. The number of aromatic nitrogens is 3. The van der Waals surface area contributed by atoms with Crippen LogP contribution in [0.2, 0.25) is 0 Å². The zero-order valence-corrected chi connectivity index (χ0v) is 14.3. The average Bonchev–Trinajstić information content (AvgIpc) is 3.28. The molecular formula is C19H22N4O2. The number of ether oxygens (including phenoxy) is 1. The molecule has 1 aromatic carbocycles. The molecular weight excluding hydrogens is 316 g/mol. The lowest BCUT2D eigenvalue weighted by atomic mass is 10.0. The highest BCUT2D eigenvalue weighted by Crippen LogP contribution is 2.29. The van der Waals surface area contributed by atoms with Gasteiger partial charge < -0.3 is 9.15 Å². The molecule has 0 aliphatic carbocycles. The van der Waals surface area contributed by atoms with Gasteiger partial charge in [-0.05, 0) is 17.7 Å². The maximum atomic E-state index is 6.03. The third-order valence-corrected chi connectivity index (χ3v) is 4.69. The Bertz CT molecular complexity index is 798. The van der Waals surface area contributed by atoms with Crippen LogP contribution < -0.4 is 0 Å². The van der Waals surface area contributed by atoms with Crippen LogP contribution in [0.5, 0.6) is 0 Å². The lowest BCUT2D eigenvalue weighted by Crippen LogP contribution is -2.38. The molecule has 1 atom stereocenters. The number of rotatable bonds is 6. The van der Waals surface area contributed by atoms with E-state index in [9.17, 15) is 0 Å². The predicted molar refractivity (Wildman–Crippen MR) is 92.7 cm³/mol. The minimum Gasteiger partial charge on any atom is -0.468 e. The molecule has 6 heteroatoms. The van der Waals surface area contributed by atoms with Gasteiger partial charge in [0.2, 0.25) is 0 Å². The predicted octanol–water partition coefficient (Wildman–Crippen LogP) is 2.72. The van der Waals surface area contributed by atoms with Crippen LogP contribution in [0.4, 0.5) is 0 Å². The van der Waals surface area contributed by atoms with Crippen molar-refractivity contribution in [2.75, 3.05) is 13.2 Å². The van der Waals surface area contributed by atoms with Gasteiger partial charge in [-0.15, -0.1) is 5.10 Å². The number of nitrogens with zero attached hydrogens (tertiary/aromatic N) is 4. The van der Waals surface area contributed by atoms with Crippen LogP contribution in [0.3, 0.4) is 0 Å². The summed E-state index contributed by atoms with van der Waals surface area (Å²) in [7, 11) is 1.95. The molecule has 4 rings (SSSR count). The Balaban J connectivity index is 1.49. The van der Waals surface area contributed by atoms with Crippen LogP contribution >= 0.6 is 0 Å². The van der Waals surface area contributed by atoms with Crippen LogP contribution in [0, 0.1) is 0 Å². The van der Waals surface area contributed by atoms with Gasteiger partial charge in [0, 0.05) is 20.0 Å². The van der Waals surface area contributed by atoms with Gasteiger partial charge in [-0.2, -0.15) is 0 Å². The highest BCUT2D eigenvalue weighted by molar-refractivity contribution is 5.19. The van der Waals surface area contributed by atoms with Crippen molar-refractivity contribution in [2.45, 2.75) is 25.6 Å². The number of aryl methyl sites for hydroxylation is 1. The SMILES string of the molecule is Cn1nnc2c1CCN(Cc1ccco1)[C@@H]2COCc1ccccc1. The number of hydrogen-bond donors (Lipinski definition) is 0. The fourth-order valence-corrected chi connectivity index (χ4v) is 3.36. The van der Waals surface area contributed by atoms with Crippen LogP contribution in [0.1, 0.15) is 28.8 Å². The average molecular weight is 338 g/mol. The largest absolute Gasteiger partial charge is 0.468 e. The Morgan fingerprint density at radius 2 is 2.08 bits per heavy atom. The first-order valence-electron chi connectivity index (χ1n) is 8.58. The van der Waals surface area contributed by atoms with Gasteiger partial charge in [0.15, 0.2) is 0 Å². The van der Waals surface area contributed by atoms with E-state index >= 15 is 0 Å². The molecule has 6 nitrogen and oxygen atoms in total. The quantitative estimate of drug-likeness (QED) is 0.692. The summed E-state index contributed by atoms with van der Waals surface area (Å²) in [5.41, 5.74) is 3.40. The molecule has 1 aliphatic rings. The van der Waals surface area contributed by atoms with Crippen molar-refractivity contribution in [3.05, 3.63) is 71.4 Å². The second-order valence-corrected chi connectivity index (χ2v) is 6.36. The second-order valence-electron chi connectivity index (χ2n) is 6.36. The summed E-state index contributed by atoms with van der Waals surface area (Å²) in [6.45, 7) is 2.87. The van der Waals surface area contributed by atoms with E-state index in [-0.39, 0.29) is 6.04 Å². The van der Waals surface area contributed by atoms with Gasteiger partial charge in [0.1, 0.15) is 11.5 Å². The van der Waals surface area contributed by atoms with Gasteiger partial charge in [0.25, 0.3) is 0 Å². The van der Waals surface area contributed by atoms with Crippen LogP contribution in [-0.2, 0) is 31.4 Å². The normalized spacial score (nSPS) is 17.6. The Morgan fingerprint density at radius 3 is 2.88 bits per heavy atom. The molecule has 25 heavy (non-hydrogen) atoms. The van der Waals surface area contributed by atoms with E-state index in [1.807, 2.05) is 42.1 Å². The summed E-state index contributed by atoms with van der Waals surface area (Å²) < 4.78 is 13.4.